The second kappa shape index (κ2) is 35.4. The molecular weight excluding hydrogens is 1310 g/mol. The summed E-state index contributed by atoms with van der Waals surface area (Å²) in [5, 5.41) is 16.8. The number of nitrogens with one attached hydrogen (secondary N) is 9. The van der Waals surface area contributed by atoms with Crippen LogP contribution in [0.15, 0.2) is 161 Å². The van der Waals surface area contributed by atoms with E-state index in [0.29, 0.717) is 80.4 Å². The Bertz CT molecular complexity index is 4490. The lowest BCUT2D eigenvalue weighted by atomic mass is 10.1. The molecule has 1 atom stereocenters. The third-order valence-electron chi connectivity index (χ3n) is 18.7. The Hall–Kier alpha value is -11.2. The fraction of sp³-hybridized carbons (Fsp3) is 0.360. The predicted octanol–water partition coefficient (Wildman–Crippen LogP) is 8.13. The highest BCUT2D eigenvalue weighted by molar-refractivity contribution is 6.06. The van der Waals surface area contributed by atoms with Crippen molar-refractivity contribution in [2.45, 2.75) is 58.0 Å². The van der Waals surface area contributed by atoms with E-state index in [1.54, 1.807) is 126 Å². The van der Waals surface area contributed by atoms with Crippen molar-refractivity contribution in [2.24, 2.45) is 0 Å². The second-order valence-corrected chi connectivity index (χ2v) is 25.7. The van der Waals surface area contributed by atoms with Crippen LogP contribution in [0.3, 0.4) is 0 Å². The second-order valence-electron chi connectivity index (χ2n) is 25.7. The number of anilines is 9. The number of pyridine rings is 3. The number of rotatable bonds is 22. The number of piperazine rings is 2. The first-order valence-corrected chi connectivity index (χ1v) is 35.0. The van der Waals surface area contributed by atoms with Crippen LogP contribution in [0.1, 0.15) is 77.0 Å². The van der Waals surface area contributed by atoms with Crippen LogP contribution in [0.2, 0.25) is 0 Å². The first-order chi connectivity index (χ1) is 50.1. The van der Waals surface area contributed by atoms with Crippen molar-refractivity contribution in [3.63, 3.8) is 0 Å². The van der Waals surface area contributed by atoms with E-state index in [9.17, 15) is 28.8 Å². The summed E-state index contributed by atoms with van der Waals surface area (Å²) >= 11 is 0. The summed E-state index contributed by atoms with van der Waals surface area (Å²) in [5.74, 6) is 0.392. The maximum Gasteiger partial charge on any atom is 0.271 e. The molecular formula is C75H91N21O7. The molecule has 0 bridgehead atoms. The summed E-state index contributed by atoms with van der Waals surface area (Å²) in [6, 6.07) is 33.8. The number of carbonyl (C=O) groups is 3. The smallest absolute Gasteiger partial charge is 0.271 e. The van der Waals surface area contributed by atoms with Crippen LogP contribution in [0.5, 0.6) is 0 Å². The largest absolute Gasteiger partial charge is 0.385 e. The molecule has 4 saturated heterocycles. The van der Waals surface area contributed by atoms with E-state index in [1.807, 2.05) is 48.5 Å². The monoisotopic (exact) mass is 1400 g/mol. The normalized spacial score (nSPS) is 15.5. The molecule has 103 heavy (non-hydrogen) atoms. The summed E-state index contributed by atoms with van der Waals surface area (Å²) in [4.78, 5) is 124. The van der Waals surface area contributed by atoms with Gasteiger partial charge >= 0.3 is 0 Å². The molecule has 28 nitrogen and oxygen atoms in total. The minimum Gasteiger partial charge on any atom is -0.385 e. The first-order valence-electron chi connectivity index (χ1n) is 35.0. The zero-order valence-electron chi connectivity index (χ0n) is 59.2. The Morgan fingerprint density at radius 2 is 0.874 bits per heavy atom. The molecule has 28 heteroatoms. The third kappa shape index (κ3) is 19.5. The quantitative estimate of drug-likeness (QED) is 0.0289. The van der Waals surface area contributed by atoms with Gasteiger partial charge in [0.25, 0.3) is 34.4 Å². The molecule has 0 saturated carbocycles. The van der Waals surface area contributed by atoms with Crippen LogP contribution in [0.4, 0.5) is 52.0 Å². The number of carbonyl (C=O) groups excluding carboxylic acids is 3. The molecule has 3 aromatic carbocycles. The molecule has 10 heterocycles. The van der Waals surface area contributed by atoms with E-state index in [1.165, 1.54) is 38.8 Å². The van der Waals surface area contributed by atoms with Gasteiger partial charge in [-0.3, -0.25) is 38.6 Å². The number of benzene rings is 3. The Balaban J connectivity index is 0.000000155. The topological polar surface area (TPSA) is 328 Å². The van der Waals surface area contributed by atoms with E-state index >= 15 is 0 Å². The summed E-state index contributed by atoms with van der Waals surface area (Å²) in [7, 11) is 6.93. The van der Waals surface area contributed by atoms with Gasteiger partial charge in [0, 0.05) is 207 Å². The van der Waals surface area contributed by atoms with Gasteiger partial charge in [-0.15, -0.1) is 0 Å². The summed E-state index contributed by atoms with van der Waals surface area (Å²) in [6.45, 7) is 18.7. The fourth-order valence-corrected chi connectivity index (χ4v) is 12.9. The maximum absolute atomic E-state index is 12.9. The molecule has 4 aliphatic rings. The van der Waals surface area contributed by atoms with Crippen molar-refractivity contribution >= 4 is 69.7 Å². The summed E-state index contributed by atoms with van der Waals surface area (Å²) in [6.07, 6.45) is 15.6. The van der Waals surface area contributed by atoms with Gasteiger partial charge in [0.2, 0.25) is 17.8 Å². The van der Waals surface area contributed by atoms with E-state index in [0.717, 1.165) is 102 Å². The van der Waals surface area contributed by atoms with Crippen molar-refractivity contribution in [1.29, 1.82) is 0 Å². The standard InChI is InChI=1S/C26H31N7O2.C25H31N7O3.C24H29N7O2/c1-27-26-28-11-10-22(31-26)19-15-23(25(35)29-16-19)30-24(34)18-6-8-20(9-7-18)33-14-4-5-21(33)17-32-12-2-3-13-32;1-26-25-27-9-8-21(30-25)19-16-22(24(34)28-17-19)29-23(33)18-4-6-20(7-5-18)32-13-11-31(12-14-32)10-3-15-35-2;1-16(2)30-10-12-31(13-11-30)19-6-4-17(5-7-19)22(32)28-21-14-18(15-27-23(21)33)20-8-9-26-24(25-3)29-20/h6-11,15-16,21H,2-5,12-14,17H2,1H3,(H,29,35)(H,30,34)(H,27,28,31);4-9,16-17H,3,10-15H2,1-2H3,(H,28,34)(H,29,33)(H,26,27,30);4-9,14-16H,10-13H2,1-3H3,(H,27,33)(H,28,32)(H,25,26,29)/t21-;;/m1../s1. The van der Waals surface area contributed by atoms with E-state index in [4.69, 9.17) is 4.74 Å². The average molecular weight is 1400 g/mol. The van der Waals surface area contributed by atoms with Crippen LogP contribution in [-0.2, 0) is 4.74 Å². The maximum atomic E-state index is 12.9. The van der Waals surface area contributed by atoms with E-state index < -0.39 is 0 Å². The first kappa shape index (κ1) is 73.0. The Kier molecular flexibility index (Phi) is 25.1. The Labute approximate surface area is 598 Å². The highest BCUT2D eigenvalue weighted by atomic mass is 16.5. The van der Waals surface area contributed by atoms with Gasteiger partial charge in [0.15, 0.2) is 0 Å². The summed E-state index contributed by atoms with van der Waals surface area (Å²) in [5.41, 5.74) is 8.05. The minimum atomic E-state index is -0.384. The average Bonchev–Trinajstić information content (AvgIpc) is 1.63. The zero-order chi connectivity index (χ0) is 72.2. The zero-order valence-corrected chi connectivity index (χ0v) is 59.2. The van der Waals surface area contributed by atoms with Gasteiger partial charge < -0.3 is 71.2 Å². The van der Waals surface area contributed by atoms with Crippen LogP contribution in [0, 0.1) is 0 Å². The van der Waals surface area contributed by atoms with Gasteiger partial charge in [-0.05, 0) is 168 Å². The fourth-order valence-electron chi connectivity index (χ4n) is 12.9. The number of likely N-dealkylation sites (tertiary alicyclic amines) is 1. The molecule has 9 aromatic rings. The number of aromatic nitrogens is 9. The van der Waals surface area contributed by atoms with Crippen molar-refractivity contribution in [2.75, 3.05) is 167 Å². The molecule has 4 fully saturated rings. The van der Waals surface area contributed by atoms with Gasteiger partial charge in [-0.1, -0.05) is 0 Å². The lowest BCUT2D eigenvalue weighted by Gasteiger charge is -2.38. The van der Waals surface area contributed by atoms with Gasteiger partial charge in [-0.2, -0.15) is 0 Å². The number of hydrogen-bond donors (Lipinski definition) is 9. The Morgan fingerprint density at radius 1 is 0.485 bits per heavy atom. The van der Waals surface area contributed by atoms with Crippen molar-refractivity contribution < 1.29 is 19.1 Å². The number of amides is 3. The molecule has 0 radical (unpaired) electrons. The highest BCUT2D eigenvalue weighted by Gasteiger charge is 2.29. The minimum absolute atomic E-state index is 0.158. The van der Waals surface area contributed by atoms with Gasteiger partial charge in [0.05, 0.1) is 17.1 Å². The van der Waals surface area contributed by atoms with Gasteiger partial charge in [0.1, 0.15) is 17.1 Å². The van der Waals surface area contributed by atoms with Crippen LogP contribution < -0.4 is 63.3 Å². The molecule has 3 amide bonds. The molecule has 0 aliphatic carbocycles. The number of aromatic amines is 3. The molecule has 6 aromatic heterocycles. The van der Waals surface area contributed by atoms with E-state index in [2.05, 4.69) is 120 Å². The van der Waals surface area contributed by atoms with Crippen LogP contribution >= 0.6 is 0 Å². The van der Waals surface area contributed by atoms with Crippen molar-refractivity contribution in [1.82, 2.24) is 59.6 Å². The number of H-pyrrole nitrogens is 3. The van der Waals surface area contributed by atoms with Crippen molar-refractivity contribution in [3.05, 3.63) is 194 Å². The Morgan fingerprint density at radius 3 is 1.25 bits per heavy atom. The molecule has 13 rings (SSSR count). The van der Waals surface area contributed by atoms with Crippen LogP contribution in [-0.4, -0.2) is 209 Å². The van der Waals surface area contributed by atoms with E-state index in [-0.39, 0.29) is 51.5 Å². The predicted molar refractivity (Wildman–Crippen MR) is 406 cm³/mol. The molecule has 538 valence electrons. The molecule has 0 unspecified atom stereocenters. The lowest BCUT2D eigenvalue weighted by Crippen LogP contribution is -2.48. The van der Waals surface area contributed by atoms with Crippen LogP contribution in [0.25, 0.3) is 33.8 Å². The SMILES string of the molecule is CNc1nccc(-c2c[nH]c(=O)c(NC(=O)c3ccc(N4CCC[C@@H]4CN4CCCC4)cc3)c2)n1.CNc1nccc(-c2c[nH]c(=O)c(NC(=O)c3ccc(N4CCN(C(C)C)CC4)cc3)c2)n1.CNc1nccc(-c2c[nH]c(=O)c(NC(=O)c3ccc(N4CCN(CCCOC)CC4)cc3)c2)n1. The van der Waals surface area contributed by atoms with Crippen molar-refractivity contribution in [3.8, 4) is 33.8 Å². The lowest BCUT2D eigenvalue weighted by molar-refractivity contribution is 0.101. The van der Waals surface area contributed by atoms with Gasteiger partial charge in [-0.25, -0.2) is 29.9 Å². The third-order valence-corrected chi connectivity index (χ3v) is 18.7. The summed E-state index contributed by atoms with van der Waals surface area (Å²) < 4.78 is 5.14. The number of hydrogen-bond acceptors (Lipinski definition) is 22. The number of nitrogens with zero attached hydrogens (tertiary/aromatic N) is 12. The molecule has 0 spiro atoms. The number of methoxy groups -OCH3 is 1. The highest BCUT2D eigenvalue weighted by Crippen LogP contribution is 2.29. The molecule has 4 aliphatic heterocycles. The number of ether oxygens (including phenoxy) is 1. The molecule has 9 N–H and O–H groups in total.